The Morgan fingerprint density at radius 2 is 1.05 bits per heavy atom. The smallest absolute Gasteiger partial charge is 0.340 e. The molecule has 0 aliphatic carbocycles. The zero-order chi connectivity index (χ0) is 43.9. The third-order valence-corrected chi connectivity index (χ3v) is 8.65. The molecule has 0 aliphatic heterocycles. The third-order valence-electron chi connectivity index (χ3n) is 8.65. The van der Waals surface area contributed by atoms with Gasteiger partial charge < -0.3 is 72.0 Å². The molecule has 18 nitrogen and oxygen atoms in total. The first-order chi connectivity index (χ1) is 29.4. The summed E-state index contributed by atoms with van der Waals surface area (Å²) in [5.41, 5.74) is 7.23. The van der Waals surface area contributed by atoms with Crippen molar-refractivity contribution in [1.82, 2.24) is 4.90 Å². The normalized spacial score (nSPS) is 11.1. The molecule has 0 spiro atoms. The number of carbonyl (C=O) groups excluding carboxylic acids is 3. The molecule has 344 valence electrons. The lowest BCUT2D eigenvalue weighted by Crippen LogP contribution is -2.36. The van der Waals surface area contributed by atoms with Gasteiger partial charge in [-0.15, -0.1) is 0 Å². The van der Waals surface area contributed by atoms with Gasteiger partial charge in [-0.2, -0.15) is 0 Å². The predicted octanol–water partition coefficient (Wildman–Crippen LogP) is 2.79. The number of unbranched alkanes of at least 4 members (excludes halogenated alkanes) is 2. The second-order valence-electron chi connectivity index (χ2n) is 13.1. The Morgan fingerprint density at radius 1 is 0.617 bits per heavy atom. The van der Waals surface area contributed by atoms with E-state index in [2.05, 4.69) is 0 Å². The van der Waals surface area contributed by atoms with Crippen LogP contribution in [-0.4, -0.2) is 176 Å². The van der Waals surface area contributed by atoms with Crippen molar-refractivity contribution in [3.8, 4) is 0 Å². The monoisotopic (exact) mass is 858 g/mol. The SMILES string of the molecule is C=O.COCCOCCOCCOCCOCCOCCOCCOCCOCCOCCCN(CCCCCC(=O)OC)C(=O)Cc1c(C)c2ccc(N)cc2oc1=O. The summed E-state index contributed by atoms with van der Waals surface area (Å²) in [6, 6.07) is 5.14. The van der Waals surface area contributed by atoms with Gasteiger partial charge in [-0.05, 0) is 43.9 Å². The first kappa shape index (κ1) is 54.5. The van der Waals surface area contributed by atoms with E-state index in [-0.39, 0.29) is 18.3 Å². The van der Waals surface area contributed by atoms with Crippen LogP contribution in [0, 0.1) is 6.92 Å². The molecule has 0 fully saturated rings. The number of nitrogens with two attached hydrogens (primary N) is 1. The summed E-state index contributed by atoms with van der Waals surface area (Å²) < 4.78 is 64.6. The number of nitrogen functional groups attached to an aromatic ring is 1. The summed E-state index contributed by atoms with van der Waals surface area (Å²) >= 11 is 0. The number of esters is 1. The van der Waals surface area contributed by atoms with E-state index in [9.17, 15) is 14.4 Å². The highest BCUT2D eigenvalue weighted by Gasteiger charge is 2.20. The number of benzene rings is 1. The van der Waals surface area contributed by atoms with Crippen LogP contribution in [0.25, 0.3) is 11.0 Å². The molecule has 2 aromatic rings. The number of amides is 1. The summed E-state index contributed by atoms with van der Waals surface area (Å²) in [6.45, 7) is 14.0. The van der Waals surface area contributed by atoms with Crippen molar-refractivity contribution >= 4 is 35.3 Å². The molecular formula is C42H70N2O16. The molecule has 1 heterocycles. The molecule has 0 aliphatic rings. The quantitative estimate of drug-likeness (QED) is 0.0443. The third kappa shape index (κ3) is 27.3. The van der Waals surface area contributed by atoms with Crippen LogP contribution < -0.4 is 11.4 Å². The summed E-state index contributed by atoms with van der Waals surface area (Å²) in [5, 5.41) is 0.742. The van der Waals surface area contributed by atoms with E-state index < -0.39 is 5.63 Å². The molecular weight excluding hydrogens is 788 g/mol. The molecule has 0 radical (unpaired) electrons. The van der Waals surface area contributed by atoms with Crippen LogP contribution in [0.3, 0.4) is 0 Å². The van der Waals surface area contributed by atoms with E-state index in [1.165, 1.54) is 7.11 Å². The topological polar surface area (TPSA) is 212 Å². The largest absolute Gasteiger partial charge is 0.469 e. The van der Waals surface area contributed by atoms with Gasteiger partial charge in [-0.1, -0.05) is 6.42 Å². The number of ether oxygens (including phenoxy) is 11. The fraction of sp³-hybridized carbons (Fsp3) is 0.714. The minimum absolute atomic E-state index is 0.0757. The van der Waals surface area contributed by atoms with Gasteiger partial charge in [0.25, 0.3) is 0 Å². The molecule has 0 saturated heterocycles. The first-order valence-electron chi connectivity index (χ1n) is 20.5. The van der Waals surface area contributed by atoms with Crippen molar-refractivity contribution < 1.29 is 70.9 Å². The fourth-order valence-corrected chi connectivity index (χ4v) is 5.45. The Balaban J connectivity index is 0.00000886. The molecule has 2 rings (SSSR count). The van der Waals surface area contributed by atoms with Crippen LogP contribution in [0.5, 0.6) is 0 Å². The summed E-state index contributed by atoms with van der Waals surface area (Å²) in [5.74, 6) is -0.424. The van der Waals surface area contributed by atoms with Crippen molar-refractivity contribution in [2.24, 2.45) is 0 Å². The highest BCUT2D eigenvalue weighted by atomic mass is 16.6. The lowest BCUT2D eigenvalue weighted by Gasteiger charge is -2.23. The van der Waals surface area contributed by atoms with Crippen LogP contribution in [-0.2, 0) is 72.9 Å². The van der Waals surface area contributed by atoms with Crippen molar-refractivity contribution in [1.29, 1.82) is 0 Å². The molecule has 0 saturated carbocycles. The van der Waals surface area contributed by atoms with E-state index in [4.69, 9.17) is 67.1 Å². The van der Waals surface area contributed by atoms with E-state index in [1.54, 1.807) is 30.2 Å². The fourth-order valence-electron chi connectivity index (χ4n) is 5.45. The van der Waals surface area contributed by atoms with E-state index in [1.807, 2.05) is 13.7 Å². The molecule has 0 atom stereocenters. The number of methoxy groups -OCH3 is 2. The molecule has 0 unspecified atom stereocenters. The maximum atomic E-state index is 13.5. The minimum atomic E-state index is -0.544. The molecule has 1 aromatic heterocycles. The zero-order valence-electron chi connectivity index (χ0n) is 36.1. The van der Waals surface area contributed by atoms with Gasteiger partial charge in [0, 0.05) is 50.4 Å². The Labute approximate surface area is 354 Å². The standard InChI is InChI=1S/C41H68N2O15.CH2O/c1-34-36-10-9-35(42)32-38(36)58-41(46)37(34)33-39(44)43(11-6-4-5-8-40(45)48-3)12-7-13-49-16-17-51-20-21-53-24-25-55-28-29-57-31-30-56-27-26-54-23-22-52-19-18-50-15-14-47-2;1-2/h9-10,32H,4-8,11-31,33,42H2,1-3H3;1H2. The van der Waals surface area contributed by atoms with Crippen LogP contribution in [0.1, 0.15) is 43.2 Å². The van der Waals surface area contributed by atoms with Crippen molar-refractivity contribution in [2.45, 2.75) is 45.4 Å². The Hall–Kier alpha value is -3.56. The average Bonchev–Trinajstić information content (AvgIpc) is 3.25. The number of rotatable bonds is 39. The molecule has 0 bridgehead atoms. The summed E-state index contributed by atoms with van der Waals surface area (Å²) in [6.07, 6.45) is 3.02. The second kappa shape index (κ2) is 38.4. The predicted molar refractivity (Wildman–Crippen MR) is 223 cm³/mol. The molecule has 2 N–H and O–H groups in total. The van der Waals surface area contributed by atoms with Crippen LogP contribution in [0.15, 0.2) is 27.4 Å². The summed E-state index contributed by atoms with van der Waals surface area (Å²) in [7, 11) is 3.01. The van der Waals surface area contributed by atoms with Crippen LogP contribution in [0.4, 0.5) is 5.69 Å². The number of aryl methyl sites for hydroxylation is 1. The lowest BCUT2D eigenvalue weighted by atomic mass is 10.0. The van der Waals surface area contributed by atoms with Crippen LogP contribution in [0.2, 0.25) is 0 Å². The van der Waals surface area contributed by atoms with Gasteiger partial charge >= 0.3 is 11.6 Å². The maximum absolute atomic E-state index is 13.5. The van der Waals surface area contributed by atoms with Gasteiger partial charge in [0.1, 0.15) is 12.4 Å². The van der Waals surface area contributed by atoms with Crippen LogP contribution >= 0.6 is 0 Å². The zero-order valence-corrected chi connectivity index (χ0v) is 36.1. The van der Waals surface area contributed by atoms with E-state index in [0.29, 0.717) is 187 Å². The minimum Gasteiger partial charge on any atom is -0.469 e. The highest BCUT2D eigenvalue weighted by molar-refractivity contribution is 5.86. The second-order valence-corrected chi connectivity index (χ2v) is 13.1. The van der Waals surface area contributed by atoms with Crippen molar-refractivity contribution in [3.05, 3.63) is 39.7 Å². The van der Waals surface area contributed by atoms with Gasteiger partial charge in [-0.3, -0.25) is 9.59 Å². The number of nitrogens with zero attached hydrogens (tertiary/aromatic N) is 1. The Kier molecular flexibility index (Phi) is 34.8. The molecule has 1 amide bonds. The lowest BCUT2D eigenvalue weighted by molar-refractivity contribution is -0.140. The molecule has 1 aromatic carbocycles. The van der Waals surface area contributed by atoms with E-state index >= 15 is 0 Å². The van der Waals surface area contributed by atoms with Crippen molar-refractivity contribution in [3.63, 3.8) is 0 Å². The van der Waals surface area contributed by atoms with Gasteiger partial charge in [-0.25, -0.2) is 4.79 Å². The van der Waals surface area contributed by atoms with Gasteiger partial charge in [0.2, 0.25) is 5.91 Å². The number of hydrogen-bond acceptors (Lipinski definition) is 17. The first-order valence-corrected chi connectivity index (χ1v) is 20.5. The average molecular weight is 859 g/mol. The van der Waals surface area contributed by atoms with Gasteiger partial charge in [0.15, 0.2) is 0 Å². The summed E-state index contributed by atoms with van der Waals surface area (Å²) in [4.78, 5) is 47.5. The molecule has 60 heavy (non-hydrogen) atoms. The van der Waals surface area contributed by atoms with Gasteiger partial charge in [0.05, 0.1) is 138 Å². The molecule has 18 heteroatoms. The number of fused-ring (bicyclic) bond motifs is 1. The maximum Gasteiger partial charge on any atom is 0.340 e. The Bertz CT molecular complexity index is 1430. The Morgan fingerprint density at radius 3 is 1.50 bits per heavy atom. The number of carbonyl (C=O) groups is 3. The van der Waals surface area contributed by atoms with Crippen molar-refractivity contribution in [2.75, 3.05) is 159 Å². The number of anilines is 1. The highest BCUT2D eigenvalue weighted by Crippen LogP contribution is 2.22. The van der Waals surface area contributed by atoms with E-state index in [0.717, 1.165) is 11.8 Å². The number of hydrogen-bond donors (Lipinski definition) is 1.